The zero-order valence-electron chi connectivity index (χ0n) is 11.0. The summed E-state index contributed by atoms with van der Waals surface area (Å²) >= 11 is 0. The minimum Gasteiger partial charge on any atom is -0.379 e. The standard InChI is InChI=1S/C8H20NO.CHF3O3S/c1-5-9(3,6-2)7-8-10-4;2-1(3,4)7-8(5)6/h5-8H2,1-4H3;8H/q+1;. The zero-order chi connectivity index (χ0) is 14.8. The lowest BCUT2D eigenvalue weighted by atomic mass is 10.4. The number of likely N-dealkylation sites (N-methyl/N-ethyl adjacent to an activating group) is 1. The van der Waals surface area contributed by atoms with E-state index in [0.29, 0.717) is 0 Å². The van der Waals surface area contributed by atoms with E-state index in [9.17, 15) is 13.2 Å². The smallest absolute Gasteiger partial charge is 0.379 e. The lowest BCUT2D eigenvalue weighted by molar-refractivity contribution is -0.906. The van der Waals surface area contributed by atoms with E-state index in [1.54, 1.807) is 7.11 Å². The minimum absolute atomic E-state index is 0.873. The van der Waals surface area contributed by atoms with Gasteiger partial charge in [0.05, 0.1) is 26.7 Å². The first-order valence-electron chi connectivity index (χ1n) is 5.33. The second kappa shape index (κ2) is 9.54. The Morgan fingerprint density at radius 3 is 1.78 bits per heavy atom. The Morgan fingerprint density at radius 1 is 1.17 bits per heavy atom. The molecule has 0 saturated heterocycles. The highest BCUT2D eigenvalue weighted by atomic mass is 32.2. The van der Waals surface area contributed by atoms with Gasteiger partial charge < -0.3 is 9.22 Å². The summed E-state index contributed by atoms with van der Waals surface area (Å²) < 4.78 is 58.9. The molecule has 18 heavy (non-hydrogen) atoms. The lowest BCUT2D eigenvalue weighted by Gasteiger charge is -2.31. The summed E-state index contributed by atoms with van der Waals surface area (Å²) in [7, 11) is 0.209. The van der Waals surface area contributed by atoms with Crippen molar-refractivity contribution >= 4 is 11.0 Å². The molecule has 0 rings (SSSR count). The third-order valence-electron chi connectivity index (χ3n) is 2.54. The quantitative estimate of drug-likeness (QED) is 0.590. The van der Waals surface area contributed by atoms with E-state index in [1.165, 1.54) is 13.1 Å². The van der Waals surface area contributed by atoms with Crippen LogP contribution in [-0.2, 0) is 19.9 Å². The summed E-state index contributed by atoms with van der Waals surface area (Å²) in [6, 6.07) is 0. The van der Waals surface area contributed by atoms with Crippen LogP contribution in [0.1, 0.15) is 13.8 Å². The molecular formula is C9H21F3NO4S+. The number of methoxy groups -OCH3 is 1. The highest BCUT2D eigenvalue weighted by Gasteiger charge is 2.30. The highest BCUT2D eigenvalue weighted by molar-refractivity contribution is 7.67. The van der Waals surface area contributed by atoms with Crippen LogP contribution in [0.25, 0.3) is 0 Å². The van der Waals surface area contributed by atoms with Gasteiger partial charge in [0, 0.05) is 7.11 Å². The first-order chi connectivity index (χ1) is 8.10. The number of hydrogen-bond donors (Lipinski definition) is 1. The zero-order valence-corrected chi connectivity index (χ0v) is 11.9. The van der Waals surface area contributed by atoms with E-state index in [1.807, 2.05) is 0 Å². The number of alkyl halides is 3. The van der Waals surface area contributed by atoms with Gasteiger partial charge in [-0.1, -0.05) is 0 Å². The van der Waals surface area contributed by atoms with Crippen molar-refractivity contribution in [1.82, 2.24) is 0 Å². The maximum Gasteiger partial charge on any atom is 0.537 e. The molecule has 0 heterocycles. The second-order valence-corrected chi connectivity index (χ2v) is 4.36. The molecule has 0 spiro atoms. The normalized spacial score (nSPS) is 12.2. The van der Waals surface area contributed by atoms with Crippen LogP contribution in [0.15, 0.2) is 0 Å². The van der Waals surface area contributed by atoms with Crippen molar-refractivity contribution in [1.29, 1.82) is 0 Å². The molecule has 9 heteroatoms. The molecule has 0 aromatic carbocycles. The summed E-state index contributed by atoms with van der Waals surface area (Å²) in [5, 5.41) is 0. The molecule has 5 nitrogen and oxygen atoms in total. The SMILES string of the molecule is CC[N+](C)(CC)CCOC.O=[SH](=O)OC(F)(F)F. The average molecular weight is 296 g/mol. The fourth-order valence-electron chi connectivity index (χ4n) is 0.936. The summed E-state index contributed by atoms with van der Waals surface area (Å²) in [5.74, 6) is 0. The van der Waals surface area contributed by atoms with Crippen molar-refractivity contribution in [2.75, 3.05) is 40.4 Å². The van der Waals surface area contributed by atoms with Crippen LogP contribution < -0.4 is 0 Å². The molecule has 0 aliphatic carbocycles. The van der Waals surface area contributed by atoms with E-state index in [0.717, 1.165) is 17.6 Å². The van der Waals surface area contributed by atoms with Crippen LogP contribution in [0.2, 0.25) is 0 Å². The molecule has 0 bridgehead atoms. The number of nitrogens with zero attached hydrogens (tertiary/aromatic N) is 1. The molecule has 0 N–H and O–H groups in total. The number of hydrogen-bond acceptors (Lipinski definition) is 4. The highest BCUT2D eigenvalue weighted by Crippen LogP contribution is 2.15. The number of quaternary nitrogens is 1. The van der Waals surface area contributed by atoms with Gasteiger partial charge in [-0.15, -0.1) is 13.2 Å². The Labute approximate surface area is 107 Å². The molecule has 112 valence electrons. The van der Waals surface area contributed by atoms with Crippen molar-refractivity contribution in [3.8, 4) is 0 Å². The van der Waals surface area contributed by atoms with Crippen LogP contribution in [0, 0.1) is 0 Å². The van der Waals surface area contributed by atoms with Crippen LogP contribution in [-0.4, -0.2) is 59.7 Å². The number of thiol groups is 1. The molecule has 0 radical (unpaired) electrons. The molecule has 0 fully saturated rings. The monoisotopic (exact) mass is 296 g/mol. The molecule has 0 atom stereocenters. The molecule has 0 aromatic rings. The molecule has 0 aromatic heterocycles. The Hall–Kier alpha value is -0.380. The van der Waals surface area contributed by atoms with Gasteiger partial charge in [-0.25, -0.2) is 8.42 Å². The third-order valence-corrected chi connectivity index (χ3v) is 2.90. The van der Waals surface area contributed by atoms with Crippen molar-refractivity contribution in [3.63, 3.8) is 0 Å². The van der Waals surface area contributed by atoms with Gasteiger partial charge in [0.15, 0.2) is 0 Å². The molecule has 0 aliphatic heterocycles. The maximum absolute atomic E-state index is 10.7. The van der Waals surface area contributed by atoms with Crippen molar-refractivity contribution in [3.05, 3.63) is 0 Å². The average Bonchev–Trinajstić information content (AvgIpc) is 2.23. The molecule has 0 unspecified atom stereocenters. The van der Waals surface area contributed by atoms with E-state index < -0.39 is 17.3 Å². The topological polar surface area (TPSA) is 52.6 Å². The van der Waals surface area contributed by atoms with Crippen LogP contribution in [0.4, 0.5) is 13.2 Å². The van der Waals surface area contributed by atoms with Gasteiger partial charge in [0.2, 0.25) is 0 Å². The summed E-state index contributed by atoms with van der Waals surface area (Å²) in [4.78, 5) is 0. The predicted octanol–water partition coefficient (Wildman–Crippen LogP) is 1.17. The van der Waals surface area contributed by atoms with Gasteiger partial charge in [-0.3, -0.25) is 0 Å². The Kier molecular flexibility index (Phi) is 10.6. The summed E-state index contributed by atoms with van der Waals surface area (Å²) in [6.45, 7) is 8.83. The van der Waals surface area contributed by atoms with Gasteiger partial charge in [-0.2, -0.15) is 4.18 Å². The van der Waals surface area contributed by atoms with Gasteiger partial charge in [-0.05, 0) is 13.8 Å². The summed E-state index contributed by atoms with van der Waals surface area (Å²) in [5.41, 5.74) is 0. The van der Waals surface area contributed by atoms with Crippen molar-refractivity contribution in [2.45, 2.75) is 20.2 Å². The van der Waals surface area contributed by atoms with E-state index in [4.69, 9.17) is 13.2 Å². The third kappa shape index (κ3) is 13.7. The first kappa shape index (κ1) is 19.9. The van der Waals surface area contributed by atoms with Crippen LogP contribution >= 0.6 is 0 Å². The van der Waals surface area contributed by atoms with Crippen LogP contribution in [0.3, 0.4) is 0 Å². The second-order valence-electron chi connectivity index (χ2n) is 3.73. The molecule has 0 saturated carbocycles. The first-order valence-corrected chi connectivity index (χ1v) is 6.42. The van der Waals surface area contributed by atoms with Crippen molar-refractivity contribution < 1.29 is 35.0 Å². The van der Waals surface area contributed by atoms with Gasteiger partial charge in [0.25, 0.3) is 11.0 Å². The largest absolute Gasteiger partial charge is 0.537 e. The molecule has 0 aliphatic rings. The fourth-order valence-corrected chi connectivity index (χ4v) is 1.11. The van der Waals surface area contributed by atoms with E-state index in [2.05, 4.69) is 25.1 Å². The van der Waals surface area contributed by atoms with Gasteiger partial charge in [0.1, 0.15) is 6.54 Å². The van der Waals surface area contributed by atoms with E-state index >= 15 is 0 Å². The summed E-state index contributed by atoms with van der Waals surface area (Å²) in [6.07, 6.45) is -5.07. The Morgan fingerprint density at radius 2 is 1.61 bits per heavy atom. The van der Waals surface area contributed by atoms with Crippen molar-refractivity contribution in [2.24, 2.45) is 0 Å². The lowest BCUT2D eigenvalue weighted by Crippen LogP contribution is -2.45. The Balaban J connectivity index is 0. The minimum atomic E-state index is -5.07. The Bertz CT molecular complexity index is 269. The maximum atomic E-state index is 10.7. The fraction of sp³-hybridized carbons (Fsp3) is 1.00. The predicted molar refractivity (Wildman–Crippen MR) is 61.5 cm³/mol. The number of rotatable bonds is 6. The van der Waals surface area contributed by atoms with Gasteiger partial charge >= 0.3 is 6.36 Å². The van der Waals surface area contributed by atoms with E-state index in [-0.39, 0.29) is 0 Å². The number of halogens is 3. The molecular weight excluding hydrogens is 275 g/mol. The number of ether oxygens (including phenoxy) is 1. The molecule has 0 amide bonds. The van der Waals surface area contributed by atoms with Crippen LogP contribution in [0.5, 0.6) is 0 Å².